The van der Waals surface area contributed by atoms with E-state index in [4.69, 9.17) is 4.74 Å². The van der Waals surface area contributed by atoms with Crippen LogP contribution in [0.3, 0.4) is 0 Å². The molecule has 1 saturated heterocycles. The predicted molar refractivity (Wildman–Crippen MR) is 69.6 cm³/mol. The van der Waals surface area contributed by atoms with E-state index < -0.39 is 0 Å². The number of hydrogen-bond acceptors (Lipinski definition) is 2. The monoisotopic (exact) mass is 246 g/mol. The van der Waals surface area contributed by atoms with Gasteiger partial charge in [0.05, 0.1) is 12.1 Å². The van der Waals surface area contributed by atoms with E-state index in [1.807, 2.05) is 30.0 Å². The second kappa shape index (κ2) is 4.61. The number of piperidine rings is 1. The van der Waals surface area contributed by atoms with Crippen molar-refractivity contribution in [1.82, 2.24) is 4.90 Å². The second-order valence-electron chi connectivity index (χ2n) is 4.83. The minimum absolute atomic E-state index is 0.0219. The van der Waals surface area contributed by atoms with E-state index in [1.54, 1.807) is 0 Å². The number of rotatable bonds is 2. The third kappa shape index (κ3) is 1.86. The van der Waals surface area contributed by atoms with E-state index >= 15 is 0 Å². The maximum Gasteiger partial charge on any atom is 0.322 e. The van der Waals surface area contributed by atoms with Crippen LogP contribution in [0.4, 0.5) is 10.5 Å². The summed E-state index contributed by atoms with van der Waals surface area (Å²) < 4.78 is 5.72. The zero-order valence-corrected chi connectivity index (χ0v) is 10.6. The van der Waals surface area contributed by atoms with Crippen molar-refractivity contribution >= 4 is 11.7 Å². The zero-order chi connectivity index (χ0) is 12.5. The third-order valence-corrected chi connectivity index (χ3v) is 3.78. The first-order valence-electron chi connectivity index (χ1n) is 6.57. The molecule has 2 amide bonds. The number of nitrogens with zero attached hydrogens (tertiary/aromatic N) is 1. The van der Waals surface area contributed by atoms with E-state index in [1.165, 1.54) is 5.56 Å². The molecule has 96 valence electrons. The molecule has 4 heteroatoms. The molecule has 2 atom stereocenters. The highest BCUT2D eigenvalue weighted by Gasteiger charge is 2.37. The number of carbonyl (C=O) groups excluding carboxylic acids is 1. The molecule has 3 rings (SSSR count). The summed E-state index contributed by atoms with van der Waals surface area (Å²) in [6, 6.07) is 8.24. The standard InChI is InChI=1S/C14H18N2O2/c1-2-18-10-7-8-16-13(9-10)11-5-3-4-6-12(11)15-14(16)17/h3-6,10,13H,2,7-9H2,1H3,(H,15,17)/t10?,13-/m0/s1. The van der Waals surface area contributed by atoms with E-state index in [9.17, 15) is 4.79 Å². The van der Waals surface area contributed by atoms with Crippen LogP contribution in [0.25, 0.3) is 0 Å². The SMILES string of the molecule is CCOC1CCN2C(=O)Nc3ccccc3[C@@H]2C1. The molecule has 2 aliphatic rings. The fourth-order valence-corrected chi connectivity index (χ4v) is 2.95. The molecule has 1 aromatic rings. The summed E-state index contributed by atoms with van der Waals surface area (Å²) in [6.07, 6.45) is 2.10. The Morgan fingerprint density at radius 1 is 1.44 bits per heavy atom. The van der Waals surface area contributed by atoms with Crippen LogP contribution in [-0.2, 0) is 4.74 Å². The average Bonchev–Trinajstić information content (AvgIpc) is 2.39. The number of para-hydroxylation sites is 1. The molecule has 2 heterocycles. The van der Waals surface area contributed by atoms with Gasteiger partial charge in [-0.05, 0) is 31.4 Å². The topological polar surface area (TPSA) is 41.6 Å². The summed E-state index contributed by atoms with van der Waals surface area (Å²) in [5.41, 5.74) is 2.16. The maximum atomic E-state index is 12.0. The Labute approximate surface area is 107 Å². The Morgan fingerprint density at radius 2 is 2.28 bits per heavy atom. The van der Waals surface area contributed by atoms with Gasteiger partial charge in [0.1, 0.15) is 0 Å². The molecule has 4 nitrogen and oxygen atoms in total. The van der Waals surface area contributed by atoms with Crippen molar-refractivity contribution in [3.8, 4) is 0 Å². The maximum absolute atomic E-state index is 12.0. The molecule has 1 aromatic carbocycles. The highest BCUT2D eigenvalue weighted by Crippen LogP contribution is 2.39. The minimum atomic E-state index is 0.0219. The Balaban J connectivity index is 1.90. The quantitative estimate of drug-likeness (QED) is 0.871. The van der Waals surface area contributed by atoms with Crippen LogP contribution in [-0.4, -0.2) is 30.2 Å². The number of nitrogens with one attached hydrogen (secondary N) is 1. The van der Waals surface area contributed by atoms with Crippen molar-refractivity contribution in [2.24, 2.45) is 0 Å². The minimum Gasteiger partial charge on any atom is -0.378 e. The summed E-state index contributed by atoms with van der Waals surface area (Å²) in [5, 5.41) is 2.95. The van der Waals surface area contributed by atoms with Gasteiger partial charge in [-0.25, -0.2) is 4.79 Å². The van der Waals surface area contributed by atoms with Crippen molar-refractivity contribution in [1.29, 1.82) is 0 Å². The summed E-state index contributed by atoms with van der Waals surface area (Å²) >= 11 is 0. The summed E-state index contributed by atoms with van der Waals surface area (Å²) in [7, 11) is 0. The van der Waals surface area contributed by atoms with Gasteiger partial charge in [-0.2, -0.15) is 0 Å². The van der Waals surface area contributed by atoms with Gasteiger partial charge in [-0.3, -0.25) is 0 Å². The molecule has 0 saturated carbocycles. The molecule has 0 spiro atoms. The lowest BCUT2D eigenvalue weighted by atomic mass is 9.91. The number of amides is 2. The van der Waals surface area contributed by atoms with Crippen molar-refractivity contribution in [2.45, 2.75) is 31.9 Å². The number of fused-ring (bicyclic) bond motifs is 3. The molecule has 2 aliphatic heterocycles. The summed E-state index contributed by atoms with van der Waals surface area (Å²) in [6.45, 7) is 3.54. The summed E-state index contributed by atoms with van der Waals surface area (Å²) in [4.78, 5) is 14.0. The highest BCUT2D eigenvalue weighted by atomic mass is 16.5. The van der Waals surface area contributed by atoms with Crippen molar-refractivity contribution in [2.75, 3.05) is 18.5 Å². The lowest BCUT2D eigenvalue weighted by Gasteiger charge is -2.43. The number of benzene rings is 1. The van der Waals surface area contributed by atoms with Crippen molar-refractivity contribution < 1.29 is 9.53 Å². The number of carbonyl (C=O) groups is 1. The Bertz CT molecular complexity index is 461. The molecule has 0 radical (unpaired) electrons. The first-order valence-corrected chi connectivity index (χ1v) is 6.57. The zero-order valence-electron chi connectivity index (χ0n) is 10.6. The van der Waals surface area contributed by atoms with Crippen LogP contribution < -0.4 is 5.32 Å². The van der Waals surface area contributed by atoms with Crippen LogP contribution in [0, 0.1) is 0 Å². The van der Waals surface area contributed by atoms with Gasteiger partial charge < -0.3 is 15.0 Å². The van der Waals surface area contributed by atoms with Gasteiger partial charge >= 0.3 is 6.03 Å². The van der Waals surface area contributed by atoms with E-state index in [2.05, 4.69) is 11.4 Å². The normalized spacial score (nSPS) is 26.3. The number of ether oxygens (including phenoxy) is 1. The van der Waals surface area contributed by atoms with Crippen LogP contribution >= 0.6 is 0 Å². The van der Waals surface area contributed by atoms with Crippen LogP contribution in [0.1, 0.15) is 31.4 Å². The fraction of sp³-hybridized carbons (Fsp3) is 0.500. The number of anilines is 1. The molecule has 0 bridgehead atoms. The van der Waals surface area contributed by atoms with Gasteiger partial charge in [0.2, 0.25) is 0 Å². The van der Waals surface area contributed by atoms with Crippen LogP contribution in [0.2, 0.25) is 0 Å². The van der Waals surface area contributed by atoms with E-state index in [-0.39, 0.29) is 18.2 Å². The molecular formula is C14H18N2O2. The molecule has 0 aromatic heterocycles. The Morgan fingerprint density at radius 3 is 3.11 bits per heavy atom. The van der Waals surface area contributed by atoms with E-state index in [0.29, 0.717) is 0 Å². The average molecular weight is 246 g/mol. The molecule has 1 fully saturated rings. The molecule has 1 unspecified atom stereocenters. The predicted octanol–water partition coefficient (Wildman–Crippen LogP) is 2.77. The molecular weight excluding hydrogens is 228 g/mol. The molecule has 0 aliphatic carbocycles. The van der Waals surface area contributed by atoms with Crippen molar-refractivity contribution in [3.63, 3.8) is 0 Å². The van der Waals surface area contributed by atoms with Gasteiger partial charge in [0.15, 0.2) is 0 Å². The highest BCUT2D eigenvalue weighted by molar-refractivity contribution is 5.93. The lowest BCUT2D eigenvalue weighted by Crippen LogP contribution is -2.48. The Kier molecular flexibility index (Phi) is 2.96. The first kappa shape index (κ1) is 11.5. The first-order chi connectivity index (χ1) is 8.79. The van der Waals surface area contributed by atoms with Crippen LogP contribution in [0.5, 0.6) is 0 Å². The van der Waals surface area contributed by atoms with Crippen molar-refractivity contribution in [3.05, 3.63) is 29.8 Å². The number of urea groups is 1. The van der Waals surface area contributed by atoms with E-state index in [0.717, 1.165) is 31.7 Å². The fourth-order valence-electron chi connectivity index (χ4n) is 2.95. The van der Waals surface area contributed by atoms with Gasteiger partial charge in [0, 0.05) is 18.8 Å². The smallest absolute Gasteiger partial charge is 0.322 e. The third-order valence-electron chi connectivity index (χ3n) is 3.78. The molecule has 1 N–H and O–H groups in total. The van der Waals surface area contributed by atoms with Crippen LogP contribution in [0.15, 0.2) is 24.3 Å². The van der Waals surface area contributed by atoms with Gasteiger partial charge in [-0.15, -0.1) is 0 Å². The molecule has 18 heavy (non-hydrogen) atoms. The largest absolute Gasteiger partial charge is 0.378 e. The second-order valence-corrected chi connectivity index (χ2v) is 4.83. The van der Waals surface area contributed by atoms with Gasteiger partial charge in [0.25, 0.3) is 0 Å². The Hall–Kier alpha value is -1.55. The summed E-state index contributed by atoms with van der Waals surface area (Å²) in [5.74, 6) is 0. The lowest BCUT2D eigenvalue weighted by molar-refractivity contribution is 0.00161. The number of hydrogen-bond donors (Lipinski definition) is 1. The van der Waals surface area contributed by atoms with Gasteiger partial charge in [-0.1, -0.05) is 18.2 Å².